The van der Waals surface area contributed by atoms with E-state index in [-0.39, 0.29) is 37.6 Å². The van der Waals surface area contributed by atoms with Crippen LogP contribution in [0.3, 0.4) is 0 Å². The molecule has 10 heteroatoms. The number of carbonyl (C=O) groups is 2. The lowest BCUT2D eigenvalue weighted by molar-refractivity contribution is -0.140. The Balaban J connectivity index is 0.000000271. The Hall–Kier alpha value is -1.60. The van der Waals surface area contributed by atoms with Gasteiger partial charge in [0.15, 0.2) is 0 Å². The summed E-state index contributed by atoms with van der Waals surface area (Å²) in [4.78, 5) is 21.2. The Labute approximate surface area is 173 Å². The van der Waals surface area contributed by atoms with E-state index in [2.05, 4.69) is 4.74 Å². The number of ether oxygens (including phenoxy) is 1. The van der Waals surface area contributed by atoms with Crippen molar-refractivity contribution in [3.05, 3.63) is 67.1 Å². The van der Waals surface area contributed by atoms with Gasteiger partial charge in [0.25, 0.3) is 0 Å². The molecule has 0 aliphatic carbocycles. The third kappa shape index (κ3) is 7.50. The number of hydrogen-bond donors (Lipinski definition) is 1. The summed E-state index contributed by atoms with van der Waals surface area (Å²) in [5.74, 6) is -2.98. The Morgan fingerprint density at radius 1 is 0.889 bits per heavy atom. The zero-order chi connectivity index (χ0) is 20.7. The van der Waals surface area contributed by atoms with E-state index < -0.39 is 30.0 Å². The molecule has 2 aromatic carbocycles. The van der Waals surface area contributed by atoms with Crippen molar-refractivity contribution >= 4 is 58.3 Å². The highest BCUT2D eigenvalue weighted by Crippen LogP contribution is 2.25. The number of benzene rings is 2. The summed E-state index contributed by atoms with van der Waals surface area (Å²) in [5.41, 5.74) is 0.0569. The molecule has 0 aliphatic rings. The van der Waals surface area contributed by atoms with Crippen LogP contribution >= 0.6 is 46.4 Å². The SMILES string of the molecule is COC(=O)Cc1c(F)cc(Cl)cc1Cl.O=C(O)Cc1c(F)cc(Cl)cc1Cl. The molecule has 0 atom stereocenters. The summed E-state index contributed by atoms with van der Waals surface area (Å²) in [6.07, 6.45) is -0.639. The van der Waals surface area contributed by atoms with Gasteiger partial charge >= 0.3 is 11.9 Å². The first-order chi connectivity index (χ1) is 12.5. The number of carbonyl (C=O) groups excluding carboxylic acids is 1. The average molecular weight is 460 g/mol. The molecule has 0 fully saturated rings. The average Bonchev–Trinajstić information content (AvgIpc) is 2.54. The molecule has 0 saturated carbocycles. The largest absolute Gasteiger partial charge is 0.481 e. The fourth-order valence-electron chi connectivity index (χ4n) is 1.85. The van der Waals surface area contributed by atoms with Crippen LogP contribution in [0, 0.1) is 11.6 Å². The Morgan fingerprint density at radius 2 is 1.30 bits per heavy atom. The van der Waals surface area contributed by atoms with E-state index in [0.717, 1.165) is 12.1 Å². The van der Waals surface area contributed by atoms with Crippen LogP contribution < -0.4 is 0 Å². The predicted octanol–water partition coefficient (Wildman–Crippen LogP) is 5.61. The number of carboxylic acid groups (broad SMARTS) is 1. The maximum absolute atomic E-state index is 13.2. The summed E-state index contributed by atoms with van der Waals surface area (Å²) in [5, 5.41) is 8.93. The van der Waals surface area contributed by atoms with Gasteiger partial charge in [-0.25, -0.2) is 8.78 Å². The lowest BCUT2D eigenvalue weighted by Crippen LogP contribution is -2.06. The molecule has 0 saturated heterocycles. The van der Waals surface area contributed by atoms with Gasteiger partial charge in [0, 0.05) is 31.2 Å². The van der Waals surface area contributed by atoms with Gasteiger partial charge < -0.3 is 9.84 Å². The quantitative estimate of drug-likeness (QED) is 0.603. The van der Waals surface area contributed by atoms with E-state index in [1.165, 1.54) is 19.2 Å². The van der Waals surface area contributed by atoms with Crippen molar-refractivity contribution in [1.82, 2.24) is 0 Å². The monoisotopic (exact) mass is 458 g/mol. The van der Waals surface area contributed by atoms with Gasteiger partial charge in [0.1, 0.15) is 11.6 Å². The summed E-state index contributed by atoms with van der Waals surface area (Å²) in [6, 6.07) is 4.83. The molecule has 4 nitrogen and oxygen atoms in total. The van der Waals surface area contributed by atoms with Gasteiger partial charge in [-0.1, -0.05) is 46.4 Å². The molecule has 0 aliphatic heterocycles. The van der Waals surface area contributed by atoms with Crippen LogP contribution in [0.4, 0.5) is 8.78 Å². The maximum atomic E-state index is 13.2. The fraction of sp³-hybridized carbons (Fsp3) is 0.176. The third-order valence-electron chi connectivity index (χ3n) is 3.09. The molecule has 0 amide bonds. The second-order valence-corrected chi connectivity index (χ2v) is 6.71. The molecule has 1 N–H and O–H groups in total. The summed E-state index contributed by atoms with van der Waals surface area (Å²) >= 11 is 22.3. The van der Waals surface area contributed by atoms with Crippen molar-refractivity contribution in [1.29, 1.82) is 0 Å². The van der Waals surface area contributed by atoms with Crippen molar-refractivity contribution in [2.45, 2.75) is 12.8 Å². The molecular weight excluding hydrogens is 448 g/mol. The zero-order valence-corrected chi connectivity index (χ0v) is 16.7. The van der Waals surface area contributed by atoms with Crippen molar-refractivity contribution in [3.8, 4) is 0 Å². The molecular formula is C17H12Cl4F2O4. The number of esters is 1. The molecule has 27 heavy (non-hydrogen) atoms. The van der Waals surface area contributed by atoms with Crippen LogP contribution in [-0.4, -0.2) is 24.2 Å². The lowest BCUT2D eigenvalue weighted by Gasteiger charge is -2.04. The number of aliphatic carboxylic acids is 1. The Morgan fingerprint density at radius 3 is 1.63 bits per heavy atom. The predicted molar refractivity (Wildman–Crippen MR) is 99.9 cm³/mol. The summed E-state index contributed by atoms with van der Waals surface area (Å²) < 4.78 is 30.7. The van der Waals surface area contributed by atoms with Crippen molar-refractivity contribution in [2.24, 2.45) is 0 Å². The second-order valence-electron chi connectivity index (χ2n) is 5.02. The number of carboxylic acids is 1. The topological polar surface area (TPSA) is 63.6 Å². The molecule has 2 rings (SSSR count). The first-order valence-electron chi connectivity index (χ1n) is 7.10. The van der Waals surface area contributed by atoms with E-state index in [0.29, 0.717) is 0 Å². The first kappa shape index (κ1) is 23.4. The molecule has 146 valence electrons. The van der Waals surface area contributed by atoms with E-state index >= 15 is 0 Å². The van der Waals surface area contributed by atoms with E-state index in [9.17, 15) is 18.4 Å². The molecule has 0 radical (unpaired) electrons. The van der Waals surface area contributed by atoms with Crippen LogP contribution in [-0.2, 0) is 27.2 Å². The number of halogens is 6. The highest BCUT2D eigenvalue weighted by molar-refractivity contribution is 6.35. The van der Waals surface area contributed by atoms with Gasteiger partial charge in [-0.2, -0.15) is 0 Å². The highest BCUT2D eigenvalue weighted by atomic mass is 35.5. The van der Waals surface area contributed by atoms with Gasteiger partial charge in [-0.3, -0.25) is 9.59 Å². The highest BCUT2D eigenvalue weighted by Gasteiger charge is 2.13. The minimum Gasteiger partial charge on any atom is -0.481 e. The standard InChI is InChI=1S/C9H7Cl2FO2.C8H5Cl2FO2/c1-14-9(13)4-6-7(11)2-5(10)3-8(6)12;9-4-1-6(10)5(3-8(12)13)7(11)2-4/h2-3H,4H2,1H3;1-2H,3H2,(H,12,13). The minimum atomic E-state index is -1.14. The van der Waals surface area contributed by atoms with E-state index in [1.54, 1.807) is 0 Å². The molecule has 0 bridgehead atoms. The van der Waals surface area contributed by atoms with Crippen molar-refractivity contribution < 1.29 is 28.2 Å². The van der Waals surface area contributed by atoms with Crippen molar-refractivity contribution in [2.75, 3.05) is 7.11 Å². The lowest BCUT2D eigenvalue weighted by atomic mass is 10.1. The number of rotatable bonds is 4. The van der Waals surface area contributed by atoms with Crippen LogP contribution in [0.5, 0.6) is 0 Å². The van der Waals surface area contributed by atoms with Crippen LogP contribution in [0.2, 0.25) is 20.1 Å². The van der Waals surface area contributed by atoms with Gasteiger partial charge in [-0.05, 0) is 24.3 Å². The summed E-state index contributed by atoms with van der Waals surface area (Å²) in [6.45, 7) is 0. The molecule has 0 unspecified atom stereocenters. The number of hydrogen-bond acceptors (Lipinski definition) is 3. The minimum absolute atomic E-state index is 0.0346. The molecule has 2 aromatic rings. The molecule has 0 aromatic heterocycles. The van der Waals surface area contributed by atoms with Crippen molar-refractivity contribution in [3.63, 3.8) is 0 Å². The fourth-order valence-corrected chi connectivity index (χ4v) is 2.92. The molecule has 0 spiro atoms. The van der Waals surface area contributed by atoms with Gasteiger partial charge in [-0.15, -0.1) is 0 Å². The van der Waals surface area contributed by atoms with E-state index in [4.69, 9.17) is 51.5 Å². The van der Waals surface area contributed by atoms with Crippen LogP contribution in [0.25, 0.3) is 0 Å². The Kier molecular flexibility index (Phi) is 9.26. The maximum Gasteiger partial charge on any atom is 0.310 e. The third-order valence-corrected chi connectivity index (χ3v) is 4.20. The van der Waals surface area contributed by atoms with Crippen LogP contribution in [0.1, 0.15) is 11.1 Å². The first-order valence-corrected chi connectivity index (χ1v) is 8.61. The molecule has 0 heterocycles. The normalized spacial score (nSPS) is 10.0. The van der Waals surface area contributed by atoms with Gasteiger partial charge in [0.2, 0.25) is 0 Å². The smallest absolute Gasteiger partial charge is 0.310 e. The number of methoxy groups -OCH3 is 1. The summed E-state index contributed by atoms with van der Waals surface area (Å²) in [7, 11) is 1.23. The zero-order valence-electron chi connectivity index (χ0n) is 13.7. The Bertz CT molecular complexity index is 813. The second kappa shape index (κ2) is 10.7. The van der Waals surface area contributed by atoms with Gasteiger partial charge in [0.05, 0.1) is 20.0 Å². The van der Waals surface area contributed by atoms with Crippen LogP contribution in [0.15, 0.2) is 24.3 Å². The van der Waals surface area contributed by atoms with E-state index in [1.807, 2.05) is 0 Å².